The maximum Gasteiger partial charge on any atom is 0.233 e. The number of hydrogen-bond acceptors (Lipinski definition) is 3. The second-order valence-electron chi connectivity index (χ2n) is 5.18. The zero-order valence-electron chi connectivity index (χ0n) is 12.4. The van der Waals surface area contributed by atoms with E-state index in [4.69, 9.17) is 0 Å². The summed E-state index contributed by atoms with van der Waals surface area (Å²) in [5.41, 5.74) is 2.37. The first-order valence-corrected chi connectivity index (χ1v) is 8.92. The number of aromatic nitrogens is 2. The normalized spacial score (nSPS) is 11.3. The molecule has 0 amide bonds. The van der Waals surface area contributed by atoms with E-state index in [0.29, 0.717) is 17.9 Å². The summed E-state index contributed by atoms with van der Waals surface area (Å²) in [4.78, 5) is 7.17. The monoisotopic (exact) mass is 327 g/mol. The lowest BCUT2D eigenvalue weighted by atomic mass is 10.2. The van der Waals surface area contributed by atoms with E-state index in [1.54, 1.807) is 30.6 Å². The summed E-state index contributed by atoms with van der Waals surface area (Å²) >= 11 is 0. The maximum atomic E-state index is 12.2. The highest BCUT2D eigenvalue weighted by molar-refractivity contribution is 7.92. The fourth-order valence-corrected chi connectivity index (χ4v) is 3.37. The minimum Gasteiger partial charge on any atom is -0.345 e. The Kier molecular flexibility index (Phi) is 4.43. The number of benzene rings is 2. The van der Waals surface area contributed by atoms with Gasteiger partial charge in [-0.05, 0) is 24.1 Å². The molecule has 118 valence electrons. The number of rotatable bonds is 6. The van der Waals surface area contributed by atoms with E-state index in [1.165, 1.54) is 0 Å². The molecule has 0 bridgehead atoms. The molecule has 1 heterocycles. The van der Waals surface area contributed by atoms with Crippen molar-refractivity contribution >= 4 is 15.7 Å². The Balaban J connectivity index is 1.69. The van der Waals surface area contributed by atoms with Gasteiger partial charge in [0, 0.05) is 23.6 Å². The van der Waals surface area contributed by atoms with Crippen molar-refractivity contribution in [2.45, 2.75) is 6.42 Å². The summed E-state index contributed by atoms with van der Waals surface area (Å²) in [5.74, 6) is 0.748. The maximum absolute atomic E-state index is 12.2. The summed E-state index contributed by atoms with van der Waals surface area (Å²) in [5, 5.41) is 0. The summed E-state index contributed by atoms with van der Waals surface area (Å²) in [6, 6.07) is 16.7. The van der Waals surface area contributed by atoms with E-state index in [1.807, 2.05) is 36.4 Å². The third-order valence-electron chi connectivity index (χ3n) is 3.41. The molecule has 0 aliphatic heterocycles. The number of anilines is 1. The van der Waals surface area contributed by atoms with Gasteiger partial charge in [0.1, 0.15) is 5.82 Å². The molecule has 3 aromatic rings. The fraction of sp³-hybridized carbons (Fsp3) is 0.118. The average Bonchev–Trinajstić information content (AvgIpc) is 3.08. The van der Waals surface area contributed by atoms with Crippen LogP contribution < -0.4 is 4.72 Å². The highest BCUT2D eigenvalue weighted by Gasteiger charge is 2.11. The van der Waals surface area contributed by atoms with Crippen molar-refractivity contribution in [3.63, 3.8) is 0 Å². The molecule has 0 aliphatic rings. The van der Waals surface area contributed by atoms with Gasteiger partial charge in [0.05, 0.1) is 5.75 Å². The molecule has 0 saturated carbocycles. The van der Waals surface area contributed by atoms with Crippen molar-refractivity contribution < 1.29 is 8.42 Å². The summed E-state index contributed by atoms with van der Waals surface area (Å²) in [6.07, 6.45) is 3.87. The molecule has 23 heavy (non-hydrogen) atoms. The molecule has 2 N–H and O–H groups in total. The molecule has 5 nitrogen and oxygen atoms in total. The Bertz CT molecular complexity index is 860. The molecule has 0 saturated heterocycles. The van der Waals surface area contributed by atoms with E-state index < -0.39 is 10.0 Å². The molecule has 1 aromatic heterocycles. The van der Waals surface area contributed by atoms with Crippen LogP contribution in [0.3, 0.4) is 0 Å². The third-order valence-corrected chi connectivity index (χ3v) is 4.70. The van der Waals surface area contributed by atoms with Crippen LogP contribution in [0.25, 0.3) is 11.4 Å². The van der Waals surface area contributed by atoms with Gasteiger partial charge in [0.15, 0.2) is 0 Å². The highest BCUT2D eigenvalue weighted by Crippen LogP contribution is 2.20. The largest absolute Gasteiger partial charge is 0.345 e. The molecule has 6 heteroatoms. The van der Waals surface area contributed by atoms with Crippen molar-refractivity contribution in [1.82, 2.24) is 9.97 Å². The summed E-state index contributed by atoms with van der Waals surface area (Å²) in [7, 11) is -3.40. The number of aromatic amines is 1. The zero-order chi connectivity index (χ0) is 16.1. The van der Waals surface area contributed by atoms with Crippen LogP contribution in [-0.2, 0) is 16.4 Å². The molecular weight excluding hydrogens is 310 g/mol. The van der Waals surface area contributed by atoms with Crippen molar-refractivity contribution in [3.8, 4) is 11.4 Å². The van der Waals surface area contributed by atoms with E-state index in [-0.39, 0.29) is 5.75 Å². The van der Waals surface area contributed by atoms with E-state index >= 15 is 0 Å². The first-order chi connectivity index (χ1) is 11.1. The minimum absolute atomic E-state index is 0.0436. The van der Waals surface area contributed by atoms with Crippen LogP contribution in [0, 0.1) is 0 Å². The Labute approximate surface area is 135 Å². The number of H-pyrrole nitrogens is 1. The van der Waals surface area contributed by atoms with Crippen molar-refractivity contribution in [2.24, 2.45) is 0 Å². The van der Waals surface area contributed by atoms with E-state index in [2.05, 4.69) is 14.7 Å². The van der Waals surface area contributed by atoms with Crippen molar-refractivity contribution in [3.05, 3.63) is 72.6 Å². The smallest absolute Gasteiger partial charge is 0.233 e. The Morgan fingerprint density at radius 2 is 1.87 bits per heavy atom. The van der Waals surface area contributed by atoms with Gasteiger partial charge in [-0.15, -0.1) is 0 Å². The van der Waals surface area contributed by atoms with Crippen LogP contribution in [0.4, 0.5) is 5.69 Å². The Morgan fingerprint density at radius 3 is 2.61 bits per heavy atom. The molecule has 0 atom stereocenters. The molecule has 0 unspecified atom stereocenters. The predicted molar refractivity (Wildman–Crippen MR) is 91.6 cm³/mol. The number of aryl methyl sites for hydroxylation is 1. The van der Waals surface area contributed by atoms with Crippen LogP contribution in [0.5, 0.6) is 0 Å². The van der Waals surface area contributed by atoms with Gasteiger partial charge < -0.3 is 4.98 Å². The Morgan fingerprint density at radius 1 is 1.04 bits per heavy atom. The Hall–Kier alpha value is -2.60. The lowest BCUT2D eigenvalue weighted by Gasteiger charge is -2.09. The number of hydrogen-bond donors (Lipinski definition) is 2. The fourth-order valence-electron chi connectivity index (χ4n) is 2.28. The van der Waals surface area contributed by atoms with Crippen LogP contribution in [0.15, 0.2) is 67.0 Å². The number of imidazole rings is 1. The standard InChI is InChI=1S/C17H17N3O2S/c21-23(22,12-9-14-5-2-1-3-6-14)20-16-8-4-7-15(13-16)17-18-10-11-19-17/h1-8,10-11,13,20H,9,12H2,(H,18,19). The van der Waals surface area contributed by atoms with Crippen molar-refractivity contribution in [1.29, 1.82) is 0 Å². The van der Waals surface area contributed by atoms with Gasteiger partial charge in [-0.2, -0.15) is 0 Å². The van der Waals surface area contributed by atoms with Gasteiger partial charge in [0.25, 0.3) is 0 Å². The van der Waals surface area contributed by atoms with Gasteiger partial charge in [-0.3, -0.25) is 4.72 Å². The quantitative estimate of drug-likeness (QED) is 0.730. The predicted octanol–water partition coefficient (Wildman–Crippen LogP) is 3.06. The van der Waals surface area contributed by atoms with Crippen LogP contribution in [0.1, 0.15) is 5.56 Å². The van der Waals surface area contributed by atoms with Gasteiger partial charge in [0.2, 0.25) is 10.0 Å². The molecule has 0 radical (unpaired) electrons. The van der Waals surface area contributed by atoms with Crippen LogP contribution in [-0.4, -0.2) is 24.1 Å². The molecule has 0 spiro atoms. The topological polar surface area (TPSA) is 74.8 Å². The van der Waals surface area contributed by atoms with E-state index in [0.717, 1.165) is 11.1 Å². The van der Waals surface area contributed by atoms with E-state index in [9.17, 15) is 8.42 Å². The third kappa shape index (κ3) is 4.20. The number of nitrogens with one attached hydrogen (secondary N) is 2. The lowest BCUT2D eigenvalue weighted by molar-refractivity contribution is 0.600. The zero-order valence-corrected chi connectivity index (χ0v) is 13.3. The van der Waals surface area contributed by atoms with Gasteiger partial charge in [-0.1, -0.05) is 42.5 Å². The van der Waals surface area contributed by atoms with Crippen molar-refractivity contribution in [2.75, 3.05) is 10.5 Å². The molecule has 2 aromatic carbocycles. The second kappa shape index (κ2) is 6.66. The first-order valence-electron chi connectivity index (χ1n) is 7.27. The molecule has 0 fully saturated rings. The molecule has 0 aliphatic carbocycles. The molecule has 3 rings (SSSR count). The first kappa shape index (κ1) is 15.3. The average molecular weight is 327 g/mol. The number of sulfonamides is 1. The van der Waals surface area contributed by atoms with Crippen LogP contribution in [0.2, 0.25) is 0 Å². The number of nitrogens with zero attached hydrogens (tertiary/aromatic N) is 1. The summed E-state index contributed by atoms with van der Waals surface area (Å²) in [6.45, 7) is 0. The lowest BCUT2D eigenvalue weighted by Crippen LogP contribution is -2.18. The second-order valence-corrected chi connectivity index (χ2v) is 7.02. The SMILES string of the molecule is O=S(=O)(CCc1ccccc1)Nc1cccc(-c2ncc[nH]2)c1. The summed E-state index contributed by atoms with van der Waals surface area (Å²) < 4.78 is 27.1. The molecular formula is C17H17N3O2S. The van der Waals surface area contributed by atoms with Gasteiger partial charge in [-0.25, -0.2) is 13.4 Å². The van der Waals surface area contributed by atoms with Gasteiger partial charge >= 0.3 is 0 Å². The minimum atomic E-state index is -3.40. The van der Waals surface area contributed by atoms with Crippen LogP contribution >= 0.6 is 0 Å². The highest BCUT2D eigenvalue weighted by atomic mass is 32.2.